The van der Waals surface area contributed by atoms with Crippen LogP contribution in [0.25, 0.3) is 21.8 Å². The van der Waals surface area contributed by atoms with E-state index < -0.39 is 0 Å². The zero-order valence-corrected chi connectivity index (χ0v) is 41.0. The monoisotopic (exact) mass is 921 g/mol. The topological polar surface area (TPSA) is 134 Å². The highest BCUT2D eigenvalue weighted by atomic mass is 16.5. The fraction of sp³-hybridized carbons (Fsp3) is 0.288. The van der Waals surface area contributed by atoms with Crippen LogP contribution in [0.15, 0.2) is 167 Å². The number of aliphatic imine (C=N–C) groups is 2. The summed E-state index contributed by atoms with van der Waals surface area (Å²) in [6.07, 6.45) is 13.8. The number of aromatic amines is 1. The smallest absolute Gasteiger partial charge is 0.223 e. The molecule has 0 saturated heterocycles. The van der Waals surface area contributed by atoms with E-state index in [1.165, 1.54) is 16.5 Å². The molecule has 0 spiro atoms. The minimum atomic E-state index is 0.0238. The molecular weight excluding hydrogens is 859 g/mol. The highest BCUT2D eigenvalue weighted by Gasteiger charge is 2.21. The third-order valence-electron chi connectivity index (χ3n) is 12.5. The van der Waals surface area contributed by atoms with Gasteiger partial charge in [-0.2, -0.15) is 0 Å². The van der Waals surface area contributed by atoms with Crippen molar-refractivity contribution >= 4 is 45.4 Å². The number of benzene rings is 5. The molecule has 0 aliphatic heterocycles. The van der Waals surface area contributed by atoms with Gasteiger partial charge in [-0.3, -0.25) is 20.8 Å². The van der Waals surface area contributed by atoms with Crippen molar-refractivity contribution in [3.8, 4) is 17.2 Å². The summed E-state index contributed by atoms with van der Waals surface area (Å²) in [5, 5.41) is 19.6. The molecule has 0 bridgehead atoms. The van der Waals surface area contributed by atoms with Gasteiger partial charge in [-0.25, -0.2) is 0 Å². The molecule has 10 nitrogen and oxygen atoms in total. The minimum Gasteiger partial charge on any atom is -0.493 e. The standard InChI is InChI=1S/C59H63N5O5/c1-58(2,3)45-25-21-41(22-26-45)54(60)68-56(62-7)43-17-13-38(14-18-43)35-66-48-31-40(37-65-47-29-30-51-50-11-9-10-12-52(50)64-53(51)34-47)32-49(33-48)67-36-39-15-19-44(20-16-39)57(63-8)69-55(61)42-23-27-46(28-24-42)59(4,5)6/h9-13,15,17-34,38-39,60-61,64H,14,16,35-37H2,1-8H3. The molecule has 2 atom stereocenters. The summed E-state index contributed by atoms with van der Waals surface area (Å²) in [7, 11) is 3.36. The van der Waals surface area contributed by atoms with Crippen LogP contribution >= 0.6 is 0 Å². The number of allylic oxidation sites excluding steroid dienone is 2. The molecule has 0 fully saturated rings. The van der Waals surface area contributed by atoms with Crippen LogP contribution in [0.1, 0.15) is 82.2 Å². The third-order valence-corrected chi connectivity index (χ3v) is 12.5. The SMILES string of the molecule is CN=C(OC(=N)c1ccc(C(C)(C)C)cc1)C1=CCC(COc2cc(COc3ccc4c(c3)[nH]c3ccccc34)cc(OCC3C=CC(C(=NC)OC(=N)c4ccc(C(C)(C)C)cc4)=CC3)c2)C=C1. The largest absolute Gasteiger partial charge is 0.493 e. The lowest BCUT2D eigenvalue weighted by Gasteiger charge is -2.21. The second kappa shape index (κ2) is 20.8. The molecule has 2 unspecified atom stereocenters. The number of para-hydroxylation sites is 1. The van der Waals surface area contributed by atoms with E-state index in [0.717, 1.165) is 51.7 Å². The van der Waals surface area contributed by atoms with Gasteiger partial charge in [-0.1, -0.05) is 120 Å². The molecule has 0 radical (unpaired) electrons. The number of fused-ring (bicyclic) bond motifs is 3. The Morgan fingerprint density at radius 1 is 0.565 bits per heavy atom. The van der Waals surface area contributed by atoms with Crippen molar-refractivity contribution in [2.45, 2.75) is 71.8 Å². The summed E-state index contributed by atoms with van der Waals surface area (Å²) in [6, 6.07) is 36.3. The first-order valence-corrected chi connectivity index (χ1v) is 23.6. The summed E-state index contributed by atoms with van der Waals surface area (Å²) in [6.45, 7) is 14.2. The van der Waals surface area contributed by atoms with Crippen LogP contribution in [0.2, 0.25) is 0 Å². The Labute approximate surface area is 406 Å². The number of hydrogen-bond donors (Lipinski definition) is 3. The average molecular weight is 922 g/mol. The number of aromatic nitrogens is 1. The highest BCUT2D eigenvalue weighted by molar-refractivity contribution is 6.09. The molecule has 0 saturated carbocycles. The molecule has 6 aromatic rings. The fourth-order valence-corrected chi connectivity index (χ4v) is 8.29. The minimum absolute atomic E-state index is 0.0238. The molecular formula is C59H63N5O5. The fourth-order valence-electron chi connectivity index (χ4n) is 8.29. The summed E-state index contributed by atoms with van der Waals surface area (Å²) in [5.74, 6) is 3.25. The Morgan fingerprint density at radius 2 is 1.06 bits per heavy atom. The van der Waals surface area contributed by atoms with E-state index in [-0.39, 0.29) is 34.5 Å². The Hall–Kier alpha value is -7.46. The van der Waals surface area contributed by atoms with E-state index in [1.54, 1.807) is 14.1 Å². The molecule has 2 aliphatic rings. The Bertz CT molecular complexity index is 2880. The van der Waals surface area contributed by atoms with Gasteiger partial charge in [0, 0.05) is 76.6 Å². The lowest BCUT2D eigenvalue weighted by Crippen LogP contribution is -2.18. The Balaban J connectivity index is 0.905. The van der Waals surface area contributed by atoms with Crippen LogP contribution in [0.3, 0.4) is 0 Å². The predicted molar refractivity (Wildman–Crippen MR) is 281 cm³/mol. The van der Waals surface area contributed by atoms with Crippen LogP contribution in [-0.2, 0) is 26.9 Å². The first-order chi connectivity index (χ1) is 33.1. The van der Waals surface area contributed by atoms with Crippen LogP contribution in [0.4, 0.5) is 0 Å². The van der Waals surface area contributed by atoms with Crippen molar-refractivity contribution in [1.82, 2.24) is 4.98 Å². The summed E-state index contributed by atoms with van der Waals surface area (Å²) < 4.78 is 31.3. The van der Waals surface area contributed by atoms with Gasteiger partial charge in [0.25, 0.3) is 0 Å². The second-order valence-electron chi connectivity index (χ2n) is 19.7. The quantitative estimate of drug-likeness (QED) is 0.0783. The van der Waals surface area contributed by atoms with Crippen LogP contribution < -0.4 is 14.2 Å². The number of rotatable bonds is 13. The highest BCUT2D eigenvalue weighted by Crippen LogP contribution is 2.32. The van der Waals surface area contributed by atoms with E-state index in [4.69, 9.17) is 34.5 Å². The van der Waals surface area contributed by atoms with Crippen LogP contribution in [0, 0.1) is 22.7 Å². The number of H-pyrrole nitrogens is 1. The zero-order chi connectivity index (χ0) is 48.7. The molecule has 1 aromatic heterocycles. The second-order valence-corrected chi connectivity index (χ2v) is 19.7. The van der Waals surface area contributed by atoms with Crippen molar-refractivity contribution in [2.24, 2.45) is 21.8 Å². The summed E-state index contributed by atoms with van der Waals surface area (Å²) in [5.41, 5.74) is 8.52. The lowest BCUT2D eigenvalue weighted by atomic mass is 9.87. The van der Waals surface area contributed by atoms with Gasteiger partial charge in [-0.15, -0.1) is 0 Å². The van der Waals surface area contributed by atoms with E-state index in [9.17, 15) is 0 Å². The normalized spacial score (nSPS) is 16.5. The number of nitrogens with zero attached hydrogens (tertiary/aromatic N) is 2. The molecule has 1 heterocycles. The van der Waals surface area contributed by atoms with Gasteiger partial charge in [0.15, 0.2) is 0 Å². The summed E-state index contributed by atoms with van der Waals surface area (Å²) >= 11 is 0. The molecule has 354 valence electrons. The van der Waals surface area contributed by atoms with E-state index >= 15 is 0 Å². The van der Waals surface area contributed by atoms with Crippen LogP contribution in [-0.4, -0.2) is 55.9 Å². The Morgan fingerprint density at radius 3 is 1.52 bits per heavy atom. The molecule has 5 aromatic carbocycles. The first kappa shape index (κ1) is 48.0. The number of hydrogen-bond acceptors (Lipinski definition) is 9. The van der Waals surface area contributed by atoms with Gasteiger partial charge >= 0.3 is 0 Å². The van der Waals surface area contributed by atoms with E-state index in [2.05, 4.69) is 105 Å². The van der Waals surface area contributed by atoms with Crippen molar-refractivity contribution in [3.63, 3.8) is 0 Å². The van der Waals surface area contributed by atoms with Gasteiger partial charge < -0.3 is 28.7 Å². The molecule has 0 amide bonds. The third kappa shape index (κ3) is 12.0. The van der Waals surface area contributed by atoms with Crippen LogP contribution in [0.5, 0.6) is 17.2 Å². The number of nitrogens with one attached hydrogen (secondary N) is 3. The molecule has 8 rings (SSSR count). The first-order valence-electron chi connectivity index (χ1n) is 23.6. The molecule has 2 aliphatic carbocycles. The summed E-state index contributed by atoms with van der Waals surface area (Å²) in [4.78, 5) is 12.3. The van der Waals surface area contributed by atoms with Crippen molar-refractivity contribution < 1.29 is 23.7 Å². The maximum Gasteiger partial charge on any atom is 0.223 e. The Kier molecular flexibility index (Phi) is 14.5. The lowest BCUT2D eigenvalue weighted by molar-refractivity contribution is 0.259. The number of ether oxygens (including phenoxy) is 5. The molecule has 10 heteroatoms. The maximum absolute atomic E-state index is 8.64. The van der Waals surface area contributed by atoms with Crippen molar-refractivity contribution in [2.75, 3.05) is 27.3 Å². The van der Waals surface area contributed by atoms with Gasteiger partial charge in [0.2, 0.25) is 23.6 Å². The molecule has 3 N–H and O–H groups in total. The van der Waals surface area contributed by atoms with Crippen molar-refractivity contribution in [1.29, 1.82) is 10.8 Å². The maximum atomic E-state index is 8.64. The van der Waals surface area contributed by atoms with Gasteiger partial charge in [-0.05, 0) is 95.0 Å². The van der Waals surface area contributed by atoms with E-state index in [0.29, 0.717) is 54.2 Å². The molecule has 69 heavy (non-hydrogen) atoms. The van der Waals surface area contributed by atoms with Gasteiger partial charge in [0.05, 0.1) is 18.7 Å². The van der Waals surface area contributed by atoms with Gasteiger partial charge in [0.1, 0.15) is 23.9 Å². The average Bonchev–Trinajstić information content (AvgIpc) is 3.73. The predicted octanol–water partition coefficient (Wildman–Crippen LogP) is 13.4. The zero-order valence-electron chi connectivity index (χ0n) is 41.0. The van der Waals surface area contributed by atoms with E-state index in [1.807, 2.05) is 97.1 Å². The van der Waals surface area contributed by atoms with Crippen molar-refractivity contribution in [3.05, 3.63) is 185 Å².